The molecule has 3 amide bonds. The van der Waals surface area contributed by atoms with E-state index in [9.17, 15) is 19.2 Å². The maximum atomic E-state index is 13.0. The molecule has 168 valence electrons. The molecule has 1 aliphatic heterocycles. The first-order valence-electron chi connectivity index (χ1n) is 11.0. The Morgan fingerprint density at radius 3 is 2.24 bits per heavy atom. The summed E-state index contributed by atoms with van der Waals surface area (Å²) in [5.41, 5.74) is 3.19. The zero-order valence-electron chi connectivity index (χ0n) is 18.4. The van der Waals surface area contributed by atoms with Crippen molar-refractivity contribution in [1.82, 2.24) is 0 Å². The van der Waals surface area contributed by atoms with Gasteiger partial charge in [0.1, 0.15) is 0 Å². The predicted octanol–water partition coefficient (Wildman–Crippen LogP) is 3.41. The Morgan fingerprint density at radius 2 is 1.61 bits per heavy atom. The molecule has 1 saturated heterocycles. The standard InChI is InChI=1S/C26H24N2O5/c1-14-8-15(2)10-19(9-14)27-21(29)13-33-26(32)18-4-3-5-20(12-18)28-24(30)22-16-6-7-17(11-16)23(22)25(28)31/h3-10,12,16-17,22-23H,11,13H2,1-2H3,(H,27,29)/t16-,17-,22-,23-/m0/s1. The molecule has 1 heterocycles. The number of hydrogen-bond acceptors (Lipinski definition) is 5. The molecule has 2 aromatic carbocycles. The minimum absolute atomic E-state index is 0.116. The lowest BCUT2D eigenvalue weighted by molar-refractivity contribution is -0.123. The van der Waals surface area contributed by atoms with Gasteiger partial charge in [0.15, 0.2) is 6.61 Å². The van der Waals surface area contributed by atoms with E-state index in [4.69, 9.17) is 4.74 Å². The van der Waals surface area contributed by atoms with Crippen LogP contribution in [0.3, 0.4) is 0 Å². The third-order valence-corrected chi connectivity index (χ3v) is 6.65. The first-order chi connectivity index (χ1) is 15.8. The number of amides is 3. The van der Waals surface area contributed by atoms with E-state index in [2.05, 4.69) is 5.32 Å². The highest BCUT2D eigenvalue weighted by Gasteiger charge is 2.59. The molecule has 4 atom stereocenters. The quantitative estimate of drug-likeness (QED) is 0.433. The number of carbonyl (C=O) groups excluding carboxylic acids is 4. The second-order valence-electron chi connectivity index (χ2n) is 9.06. The molecule has 7 nitrogen and oxygen atoms in total. The number of nitrogens with one attached hydrogen (secondary N) is 1. The molecule has 33 heavy (non-hydrogen) atoms. The molecule has 7 heteroatoms. The van der Waals surface area contributed by atoms with Crippen LogP contribution in [0.1, 0.15) is 27.9 Å². The van der Waals surface area contributed by atoms with Gasteiger partial charge in [0.05, 0.1) is 23.1 Å². The highest BCUT2D eigenvalue weighted by Crippen LogP contribution is 2.53. The molecule has 5 rings (SSSR count). The van der Waals surface area contributed by atoms with E-state index >= 15 is 0 Å². The highest BCUT2D eigenvalue weighted by molar-refractivity contribution is 6.23. The number of nitrogens with zero attached hydrogens (tertiary/aromatic N) is 1. The van der Waals surface area contributed by atoms with Gasteiger partial charge in [-0.05, 0) is 73.6 Å². The van der Waals surface area contributed by atoms with Crippen LogP contribution in [0.2, 0.25) is 0 Å². The molecule has 2 aliphatic carbocycles. The smallest absolute Gasteiger partial charge is 0.338 e. The maximum absolute atomic E-state index is 13.0. The summed E-state index contributed by atoms with van der Waals surface area (Å²) in [6.45, 7) is 3.41. The first kappa shape index (κ1) is 21.1. The summed E-state index contributed by atoms with van der Waals surface area (Å²) < 4.78 is 5.16. The van der Waals surface area contributed by atoms with Gasteiger partial charge >= 0.3 is 5.97 Å². The number of imide groups is 1. The largest absolute Gasteiger partial charge is 0.452 e. The van der Waals surface area contributed by atoms with Crippen molar-refractivity contribution in [3.05, 3.63) is 71.3 Å². The zero-order valence-corrected chi connectivity index (χ0v) is 18.4. The average molecular weight is 444 g/mol. The Balaban J connectivity index is 1.25. The van der Waals surface area contributed by atoms with E-state index in [1.54, 1.807) is 12.1 Å². The fourth-order valence-electron chi connectivity index (χ4n) is 5.39. The van der Waals surface area contributed by atoms with Crippen LogP contribution in [0.5, 0.6) is 0 Å². The summed E-state index contributed by atoms with van der Waals surface area (Å²) in [6.07, 6.45) is 4.94. The number of rotatable bonds is 5. The first-order valence-corrected chi connectivity index (χ1v) is 11.0. The normalized spacial score (nSPS) is 24.8. The molecule has 2 bridgehead atoms. The van der Waals surface area contributed by atoms with Gasteiger partial charge < -0.3 is 10.1 Å². The van der Waals surface area contributed by atoms with Gasteiger partial charge in [-0.15, -0.1) is 0 Å². The molecule has 3 aliphatic rings. The van der Waals surface area contributed by atoms with Crippen LogP contribution < -0.4 is 10.2 Å². The number of fused-ring (bicyclic) bond motifs is 5. The third kappa shape index (κ3) is 3.73. The van der Waals surface area contributed by atoms with Crippen molar-refractivity contribution in [2.45, 2.75) is 20.3 Å². The van der Waals surface area contributed by atoms with E-state index in [0.29, 0.717) is 11.4 Å². The van der Waals surface area contributed by atoms with Gasteiger partial charge in [-0.2, -0.15) is 0 Å². The van der Waals surface area contributed by atoms with Crippen molar-refractivity contribution in [2.75, 3.05) is 16.8 Å². The number of esters is 1. The van der Waals surface area contributed by atoms with Crippen LogP contribution in [0.25, 0.3) is 0 Å². The van der Waals surface area contributed by atoms with Crippen molar-refractivity contribution >= 4 is 35.1 Å². The van der Waals surface area contributed by atoms with Gasteiger partial charge in [0, 0.05) is 5.69 Å². The summed E-state index contributed by atoms with van der Waals surface area (Å²) in [5.74, 6) is -1.95. The number of hydrogen-bond donors (Lipinski definition) is 1. The molecule has 1 N–H and O–H groups in total. The topological polar surface area (TPSA) is 92.8 Å². The van der Waals surface area contributed by atoms with E-state index in [1.165, 1.54) is 17.0 Å². The number of anilines is 2. The summed E-state index contributed by atoms with van der Waals surface area (Å²) in [5, 5.41) is 2.72. The van der Waals surface area contributed by atoms with Crippen LogP contribution in [0.15, 0.2) is 54.6 Å². The van der Waals surface area contributed by atoms with Gasteiger partial charge in [0.2, 0.25) is 11.8 Å². The molecule has 0 unspecified atom stereocenters. The average Bonchev–Trinajstić information content (AvgIpc) is 3.45. The molecule has 0 spiro atoms. The summed E-state index contributed by atoms with van der Waals surface area (Å²) >= 11 is 0. The Hall–Kier alpha value is -3.74. The summed E-state index contributed by atoms with van der Waals surface area (Å²) in [4.78, 5) is 52.0. The minimum atomic E-state index is -0.701. The zero-order chi connectivity index (χ0) is 23.3. The third-order valence-electron chi connectivity index (χ3n) is 6.65. The van der Waals surface area contributed by atoms with Crippen LogP contribution >= 0.6 is 0 Å². The van der Waals surface area contributed by atoms with E-state index in [-0.39, 0.29) is 41.0 Å². The van der Waals surface area contributed by atoms with Crippen molar-refractivity contribution in [1.29, 1.82) is 0 Å². The Labute approximate surface area is 191 Å². The Bertz CT molecular complexity index is 1170. The summed E-state index contributed by atoms with van der Waals surface area (Å²) in [7, 11) is 0. The molecule has 2 aromatic rings. The molecule has 0 aromatic heterocycles. The van der Waals surface area contributed by atoms with E-state index in [1.807, 2.05) is 44.2 Å². The number of ether oxygens (including phenoxy) is 1. The maximum Gasteiger partial charge on any atom is 0.338 e. The van der Waals surface area contributed by atoms with Crippen molar-refractivity contribution < 1.29 is 23.9 Å². The fourth-order valence-corrected chi connectivity index (χ4v) is 5.39. The second-order valence-corrected chi connectivity index (χ2v) is 9.06. The number of allylic oxidation sites excluding steroid dienone is 2. The van der Waals surface area contributed by atoms with Crippen molar-refractivity contribution in [3.8, 4) is 0 Å². The van der Waals surface area contributed by atoms with Gasteiger partial charge in [-0.3, -0.25) is 14.4 Å². The van der Waals surface area contributed by atoms with Crippen LogP contribution in [-0.2, 0) is 19.1 Å². The number of carbonyl (C=O) groups is 4. The summed E-state index contributed by atoms with van der Waals surface area (Å²) in [6, 6.07) is 11.9. The lowest BCUT2D eigenvalue weighted by Gasteiger charge is -2.18. The molecule has 1 saturated carbocycles. The Kier molecular flexibility index (Phi) is 5.12. The van der Waals surface area contributed by atoms with Crippen molar-refractivity contribution in [3.63, 3.8) is 0 Å². The number of benzene rings is 2. The van der Waals surface area contributed by atoms with Gasteiger partial charge in [-0.25, -0.2) is 9.69 Å². The molecule has 0 radical (unpaired) electrons. The predicted molar refractivity (Wildman–Crippen MR) is 121 cm³/mol. The fraction of sp³-hybridized carbons (Fsp3) is 0.308. The van der Waals surface area contributed by atoms with Crippen molar-refractivity contribution in [2.24, 2.45) is 23.7 Å². The molecule has 2 fully saturated rings. The SMILES string of the molecule is Cc1cc(C)cc(NC(=O)COC(=O)c2cccc(N3C(=O)[C@@H]4[C@@H](C3=O)[C@H]3C=C[C@H]4C3)c2)c1. The van der Waals surface area contributed by atoms with E-state index < -0.39 is 18.5 Å². The van der Waals surface area contributed by atoms with Gasteiger partial charge in [0.25, 0.3) is 5.91 Å². The second kappa shape index (κ2) is 7.99. The Morgan fingerprint density at radius 1 is 0.970 bits per heavy atom. The van der Waals surface area contributed by atoms with Crippen LogP contribution in [0, 0.1) is 37.5 Å². The lowest BCUT2D eigenvalue weighted by Crippen LogP contribution is -2.33. The lowest BCUT2D eigenvalue weighted by atomic mass is 9.85. The minimum Gasteiger partial charge on any atom is -0.452 e. The monoisotopic (exact) mass is 444 g/mol. The highest BCUT2D eigenvalue weighted by atomic mass is 16.5. The number of aryl methyl sites for hydroxylation is 2. The van der Waals surface area contributed by atoms with Gasteiger partial charge in [-0.1, -0.05) is 24.3 Å². The van der Waals surface area contributed by atoms with E-state index in [0.717, 1.165) is 17.5 Å². The van der Waals surface area contributed by atoms with Crippen LogP contribution in [0.4, 0.5) is 11.4 Å². The van der Waals surface area contributed by atoms with Crippen LogP contribution in [-0.4, -0.2) is 30.3 Å². The molecular formula is C26H24N2O5. The molecular weight excluding hydrogens is 420 g/mol.